The molecule has 3 heteroatoms. The zero-order valence-corrected chi connectivity index (χ0v) is 13.8. The molecular formula is C19H27N3. The number of rotatable bonds is 5. The van der Waals surface area contributed by atoms with Gasteiger partial charge in [-0.1, -0.05) is 31.2 Å². The van der Waals surface area contributed by atoms with Crippen molar-refractivity contribution in [1.82, 2.24) is 15.1 Å². The molecule has 0 bridgehead atoms. The van der Waals surface area contributed by atoms with Gasteiger partial charge in [-0.25, -0.2) is 0 Å². The van der Waals surface area contributed by atoms with Crippen molar-refractivity contribution < 1.29 is 0 Å². The van der Waals surface area contributed by atoms with E-state index in [2.05, 4.69) is 54.2 Å². The fourth-order valence-electron chi connectivity index (χ4n) is 3.37. The number of hydrogen-bond donors (Lipinski definition) is 1. The van der Waals surface area contributed by atoms with Crippen LogP contribution in [0.3, 0.4) is 0 Å². The lowest BCUT2D eigenvalue weighted by Crippen LogP contribution is -2.27. The van der Waals surface area contributed by atoms with Gasteiger partial charge in [0.15, 0.2) is 0 Å². The van der Waals surface area contributed by atoms with Gasteiger partial charge in [0.05, 0.1) is 5.69 Å². The summed E-state index contributed by atoms with van der Waals surface area (Å²) in [6.07, 6.45) is 4.51. The van der Waals surface area contributed by atoms with E-state index in [1.54, 1.807) is 0 Å². The standard InChI is InChI=1S/C19H27N3/c1-3-15-5-7-16(8-6-15)13-18-14-19(22(4-2)21-18)17-9-11-20-12-10-17/h5-8,14,17,20H,3-4,9-13H2,1-2H3. The van der Waals surface area contributed by atoms with Gasteiger partial charge in [-0.2, -0.15) is 5.10 Å². The Balaban J connectivity index is 1.77. The highest BCUT2D eigenvalue weighted by atomic mass is 15.3. The monoisotopic (exact) mass is 297 g/mol. The molecule has 3 nitrogen and oxygen atoms in total. The maximum absolute atomic E-state index is 4.84. The first-order valence-corrected chi connectivity index (χ1v) is 8.65. The molecule has 0 saturated carbocycles. The van der Waals surface area contributed by atoms with Gasteiger partial charge in [0.1, 0.15) is 0 Å². The van der Waals surface area contributed by atoms with Gasteiger partial charge in [-0.05, 0) is 56.5 Å². The summed E-state index contributed by atoms with van der Waals surface area (Å²) in [6, 6.07) is 11.3. The SMILES string of the molecule is CCc1ccc(Cc2cc(C3CCNCC3)n(CC)n2)cc1. The summed E-state index contributed by atoms with van der Waals surface area (Å²) in [4.78, 5) is 0. The van der Waals surface area contributed by atoms with Crippen LogP contribution in [-0.2, 0) is 19.4 Å². The number of nitrogens with zero attached hydrogens (tertiary/aromatic N) is 2. The average molecular weight is 297 g/mol. The quantitative estimate of drug-likeness (QED) is 0.915. The molecule has 0 atom stereocenters. The molecule has 0 unspecified atom stereocenters. The van der Waals surface area contributed by atoms with Gasteiger partial charge in [0.25, 0.3) is 0 Å². The van der Waals surface area contributed by atoms with Gasteiger partial charge in [0, 0.05) is 24.6 Å². The van der Waals surface area contributed by atoms with E-state index in [1.165, 1.54) is 35.4 Å². The van der Waals surface area contributed by atoms with Crippen LogP contribution in [0.5, 0.6) is 0 Å². The van der Waals surface area contributed by atoms with Crippen LogP contribution in [0.25, 0.3) is 0 Å². The molecule has 2 heterocycles. The fraction of sp³-hybridized carbons (Fsp3) is 0.526. The molecule has 2 aromatic rings. The summed E-state index contributed by atoms with van der Waals surface area (Å²) in [5, 5.41) is 8.29. The molecule has 1 aromatic heterocycles. The highest BCUT2D eigenvalue weighted by Crippen LogP contribution is 2.26. The Labute approximate surface area is 133 Å². The van der Waals surface area contributed by atoms with E-state index in [1.807, 2.05) is 0 Å². The van der Waals surface area contributed by atoms with E-state index in [-0.39, 0.29) is 0 Å². The van der Waals surface area contributed by atoms with Crippen LogP contribution in [0.2, 0.25) is 0 Å². The third-order valence-electron chi connectivity index (χ3n) is 4.74. The number of hydrogen-bond acceptors (Lipinski definition) is 2. The van der Waals surface area contributed by atoms with Crippen LogP contribution >= 0.6 is 0 Å². The van der Waals surface area contributed by atoms with Crippen molar-refractivity contribution in [2.75, 3.05) is 13.1 Å². The highest BCUT2D eigenvalue weighted by molar-refractivity contribution is 5.27. The summed E-state index contributed by atoms with van der Waals surface area (Å²) < 4.78 is 2.21. The first-order chi connectivity index (χ1) is 10.8. The molecule has 0 amide bonds. The highest BCUT2D eigenvalue weighted by Gasteiger charge is 2.20. The minimum Gasteiger partial charge on any atom is -0.317 e. The maximum Gasteiger partial charge on any atom is 0.0671 e. The van der Waals surface area contributed by atoms with Crippen LogP contribution in [0.4, 0.5) is 0 Å². The smallest absolute Gasteiger partial charge is 0.0671 e. The zero-order valence-electron chi connectivity index (χ0n) is 13.8. The number of aryl methyl sites for hydroxylation is 2. The molecule has 1 fully saturated rings. The predicted octanol–water partition coefficient (Wildman–Crippen LogP) is 3.52. The number of piperidine rings is 1. The summed E-state index contributed by atoms with van der Waals surface area (Å²) in [5.74, 6) is 0.671. The minimum atomic E-state index is 0.671. The average Bonchev–Trinajstić information content (AvgIpc) is 2.99. The van der Waals surface area contributed by atoms with E-state index in [0.717, 1.165) is 32.5 Å². The lowest BCUT2D eigenvalue weighted by molar-refractivity contribution is 0.432. The van der Waals surface area contributed by atoms with E-state index in [9.17, 15) is 0 Å². The first-order valence-electron chi connectivity index (χ1n) is 8.65. The second kappa shape index (κ2) is 7.10. The van der Waals surface area contributed by atoms with Crippen molar-refractivity contribution in [3.05, 3.63) is 52.8 Å². The third-order valence-corrected chi connectivity index (χ3v) is 4.74. The van der Waals surface area contributed by atoms with Crippen molar-refractivity contribution >= 4 is 0 Å². The van der Waals surface area contributed by atoms with Crippen molar-refractivity contribution in [1.29, 1.82) is 0 Å². The number of benzene rings is 1. The van der Waals surface area contributed by atoms with E-state index < -0.39 is 0 Å². The Hall–Kier alpha value is -1.61. The van der Waals surface area contributed by atoms with Crippen molar-refractivity contribution in [2.24, 2.45) is 0 Å². The predicted molar refractivity (Wildman–Crippen MR) is 91.4 cm³/mol. The molecule has 1 saturated heterocycles. The molecule has 3 rings (SSSR count). The minimum absolute atomic E-state index is 0.671. The fourth-order valence-corrected chi connectivity index (χ4v) is 3.37. The summed E-state index contributed by atoms with van der Waals surface area (Å²) >= 11 is 0. The lowest BCUT2D eigenvalue weighted by atomic mass is 9.94. The Morgan fingerprint density at radius 3 is 2.41 bits per heavy atom. The van der Waals surface area contributed by atoms with Gasteiger partial charge < -0.3 is 5.32 Å². The molecule has 1 aromatic carbocycles. The summed E-state index contributed by atoms with van der Waals surface area (Å²) in [5.41, 5.74) is 5.40. The Morgan fingerprint density at radius 1 is 1.09 bits per heavy atom. The van der Waals surface area contributed by atoms with E-state index >= 15 is 0 Å². The van der Waals surface area contributed by atoms with Gasteiger partial charge in [-0.15, -0.1) is 0 Å². The van der Waals surface area contributed by atoms with Crippen LogP contribution in [0, 0.1) is 0 Å². The molecular weight excluding hydrogens is 270 g/mol. The van der Waals surface area contributed by atoms with Crippen molar-refractivity contribution in [3.63, 3.8) is 0 Å². The second-order valence-electron chi connectivity index (χ2n) is 6.25. The normalized spacial score (nSPS) is 16.1. The van der Waals surface area contributed by atoms with Gasteiger partial charge in [0.2, 0.25) is 0 Å². The first kappa shape index (κ1) is 15.3. The van der Waals surface area contributed by atoms with Gasteiger partial charge in [-0.3, -0.25) is 4.68 Å². The second-order valence-corrected chi connectivity index (χ2v) is 6.25. The van der Waals surface area contributed by atoms with Crippen LogP contribution < -0.4 is 5.32 Å². The number of nitrogens with one attached hydrogen (secondary N) is 1. The lowest BCUT2D eigenvalue weighted by Gasteiger charge is -2.23. The largest absolute Gasteiger partial charge is 0.317 e. The van der Waals surface area contributed by atoms with Crippen LogP contribution in [-0.4, -0.2) is 22.9 Å². The van der Waals surface area contributed by atoms with Crippen LogP contribution in [0.15, 0.2) is 30.3 Å². The molecule has 118 valence electrons. The van der Waals surface area contributed by atoms with Crippen LogP contribution in [0.1, 0.15) is 55.1 Å². The molecule has 0 aliphatic carbocycles. The van der Waals surface area contributed by atoms with Crippen molar-refractivity contribution in [3.8, 4) is 0 Å². The molecule has 1 N–H and O–H groups in total. The Bertz CT molecular complexity index is 592. The molecule has 1 aliphatic rings. The third kappa shape index (κ3) is 3.41. The Kier molecular flexibility index (Phi) is 4.94. The maximum atomic E-state index is 4.84. The summed E-state index contributed by atoms with van der Waals surface area (Å²) in [6.45, 7) is 7.62. The number of aromatic nitrogens is 2. The van der Waals surface area contributed by atoms with Gasteiger partial charge >= 0.3 is 0 Å². The molecule has 22 heavy (non-hydrogen) atoms. The van der Waals surface area contributed by atoms with Crippen molar-refractivity contribution in [2.45, 2.75) is 52.0 Å². The van der Waals surface area contributed by atoms with E-state index in [0.29, 0.717) is 5.92 Å². The molecule has 1 aliphatic heterocycles. The van der Waals surface area contributed by atoms with E-state index in [4.69, 9.17) is 5.10 Å². The Morgan fingerprint density at radius 2 is 1.77 bits per heavy atom. The molecule has 0 spiro atoms. The summed E-state index contributed by atoms with van der Waals surface area (Å²) in [7, 11) is 0. The molecule has 0 radical (unpaired) electrons. The zero-order chi connectivity index (χ0) is 15.4. The topological polar surface area (TPSA) is 29.9 Å².